The molecule has 2 atom stereocenters. The number of para-hydroxylation sites is 2. The van der Waals surface area contributed by atoms with E-state index in [2.05, 4.69) is 192 Å². The second-order valence-corrected chi connectivity index (χ2v) is 14.7. The number of nitrogens with zero attached hydrogens (tertiary/aromatic N) is 3. The maximum absolute atomic E-state index is 5.55. The lowest BCUT2D eigenvalue weighted by Gasteiger charge is -2.44. The van der Waals surface area contributed by atoms with E-state index in [0.29, 0.717) is 0 Å². The smallest absolute Gasteiger partial charge is 0.126 e. The van der Waals surface area contributed by atoms with Crippen molar-refractivity contribution in [2.24, 2.45) is 4.99 Å². The zero-order valence-electron chi connectivity index (χ0n) is 29.8. The summed E-state index contributed by atoms with van der Waals surface area (Å²) in [5, 5.41) is 22.0. The van der Waals surface area contributed by atoms with Crippen LogP contribution in [0.15, 0.2) is 187 Å². The average molecular weight is 702 g/mol. The number of amidine groups is 1. The second-order valence-electron chi connectivity index (χ2n) is 14.7. The summed E-state index contributed by atoms with van der Waals surface area (Å²) in [5.41, 5.74) is 9.29. The fourth-order valence-corrected chi connectivity index (χ4v) is 9.33. The van der Waals surface area contributed by atoms with Crippen LogP contribution in [0.1, 0.15) is 29.0 Å². The Balaban J connectivity index is 1.21. The Hall–Kier alpha value is -7.01. The van der Waals surface area contributed by atoms with Gasteiger partial charge in [0.1, 0.15) is 5.84 Å². The van der Waals surface area contributed by atoms with Crippen molar-refractivity contribution in [1.82, 2.24) is 9.72 Å². The Morgan fingerprint density at radius 2 is 1.00 bits per heavy atom. The highest BCUT2D eigenvalue weighted by atomic mass is 15.3. The van der Waals surface area contributed by atoms with E-state index in [0.717, 1.165) is 22.5 Å². The first-order valence-corrected chi connectivity index (χ1v) is 19.0. The molecule has 4 heteroatoms. The van der Waals surface area contributed by atoms with Gasteiger partial charge in [0.05, 0.1) is 16.6 Å². The first kappa shape index (κ1) is 30.5. The second kappa shape index (κ2) is 11.7. The zero-order valence-corrected chi connectivity index (χ0v) is 29.8. The maximum Gasteiger partial charge on any atom is 0.126 e. The molecule has 0 fully saturated rings. The SMILES string of the molecule is c1ccc(C2=NC(c3ccccc3)[N-]C(c3cc4c5ccccc5n5c6ccccc6c(c3-c3ccc6c7ccccc7c7ccccc7c6c3)c45)N2)cc1. The van der Waals surface area contributed by atoms with Crippen LogP contribution in [0.2, 0.25) is 0 Å². The van der Waals surface area contributed by atoms with Gasteiger partial charge in [-0.25, -0.2) is 0 Å². The predicted octanol–water partition coefficient (Wildman–Crippen LogP) is 13.1. The molecule has 55 heavy (non-hydrogen) atoms. The average Bonchev–Trinajstić information content (AvgIpc) is 3.79. The Morgan fingerprint density at radius 3 is 1.69 bits per heavy atom. The molecule has 1 N–H and O–H groups in total. The van der Waals surface area contributed by atoms with Crippen molar-refractivity contribution in [2.45, 2.75) is 12.3 Å². The van der Waals surface area contributed by atoms with E-state index in [1.54, 1.807) is 0 Å². The van der Waals surface area contributed by atoms with Crippen molar-refractivity contribution < 1.29 is 0 Å². The number of aliphatic imine (C=N–C) groups is 1. The van der Waals surface area contributed by atoms with Crippen LogP contribution in [0.5, 0.6) is 0 Å². The van der Waals surface area contributed by atoms with E-state index in [-0.39, 0.29) is 12.3 Å². The zero-order chi connectivity index (χ0) is 36.0. The van der Waals surface area contributed by atoms with Crippen LogP contribution < -0.4 is 5.32 Å². The summed E-state index contributed by atoms with van der Waals surface area (Å²) >= 11 is 0. The van der Waals surface area contributed by atoms with Crippen molar-refractivity contribution in [2.75, 3.05) is 0 Å². The van der Waals surface area contributed by atoms with Gasteiger partial charge in [-0.05, 0) is 91.2 Å². The summed E-state index contributed by atoms with van der Waals surface area (Å²) < 4.78 is 2.47. The largest absolute Gasteiger partial charge is 0.613 e. The van der Waals surface area contributed by atoms with E-state index in [4.69, 9.17) is 10.3 Å². The molecule has 1 aliphatic rings. The molecule has 11 aromatic rings. The predicted molar refractivity (Wildman–Crippen MR) is 230 cm³/mol. The minimum absolute atomic E-state index is 0.375. The van der Waals surface area contributed by atoms with E-state index in [1.165, 1.54) is 81.5 Å². The lowest BCUT2D eigenvalue weighted by Crippen LogP contribution is -2.34. The molecule has 3 heterocycles. The van der Waals surface area contributed by atoms with Gasteiger partial charge in [-0.3, -0.25) is 4.99 Å². The van der Waals surface area contributed by atoms with Crippen molar-refractivity contribution in [1.29, 1.82) is 0 Å². The molecule has 0 aliphatic carbocycles. The summed E-state index contributed by atoms with van der Waals surface area (Å²) in [7, 11) is 0. The molecule has 1 aliphatic heterocycles. The van der Waals surface area contributed by atoms with Crippen molar-refractivity contribution in [3.63, 3.8) is 0 Å². The summed E-state index contributed by atoms with van der Waals surface area (Å²) in [6, 6.07) is 65.8. The number of benzene rings is 9. The van der Waals surface area contributed by atoms with Gasteiger partial charge in [0.2, 0.25) is 0 Å². The Bertz CT molecular complexity index is 3290. The van der Waals surface area contributed by atoms with E-state index in [1.807, 2.05) is 0 Å². The summed E-state index contributed by atoms with van der Waals surface area (Å²) in [6.07, 6.45) is -0.757. The third kappa shape index (κ3) is 4.46. The standard InChI is InChI=1S/C51H33N4/c1-3-15-31(16-4-1)49-52-50(32-17-5-2-6-18-32)54-51(53-49)43-30-42-39-23-11-13-25-44(39)55-45-26-14-12-24-40(45)47(48(42)55)46(43)33-27-28-38-36-21-8-7-19-34(36)35-20-9-10-22-37(35)41(38)29-33/h1-30,49,51H,(H,52,54)/q-1. The molecule has 2 aromatic heterocycles. The Labute approximate surface area is 317 Å². The highest BCUT2D eigenvalue weighted by Crippen LogP contribution is 2.50. The molecule has 0 radical (unpaired) electrons. The van der Waals surface area contributed by atoms with Gasteiger partial charge >= 0.3 is 0 Å². The molecule has 0 bridgehead atoms. The minimum Gasteiger partial charge on any atom is -0.613 e. The first-order chi connectivity index (χ1) is 27.3. The molecule has 9 aromatic carbocycles. The van der Waals surface area contributed by atoms with E-state index >= 15 is 0 Å². The van der Waals surface area contributed by atoms with Crippen LogP contribution in [0.3, 0.4) is 0 Å². The molecule has 4 nitrogen and oxygen atoms in total. The first-order valence-electron chi connectivity index (χ1n) is 19.0. The fraction of sp³-hybridized carbons (Fsp3) is 0.0392. The number of hydrogen-bond acceptors (Lipinski definition) is 2. The van der Waals surface area contributed by atoms with Gasteiger partial charge < -0.3 is 15.0 Å². The highest BCUT2D eigenvalue weighted by Gasteiger charge is 2.27. The van der Waals surface area contributed by atoms with Crippen molar-refractivity contribution in [3.05, 3.63) is 204 Å². The van der Waals surface area contributed by atoms with Gasteiger partial charge in [-0.1, -0.05) is 158 Å². The number of aromatic nitrogens is 1. The normalized spacial score (nSPS) is 16.2. The highest BCUT2D eigenvalue weighted by molar-refractivity contribution is 6.29. The number of hydrogen-bond donors (Lipinski definition) is 1. The molecule has 0 spiro atoms. The van der Waals surface area contributed by atoms with Crippen LogP contribution in [0, 0.1) is 0 Å². The van der Waals surface area contributed by atoms with Gasteiger partial charge in [0, 0.05) is 27.1 Å². The number of rotatable bonds is 4. The molecule has 12 rings (SSSR count). The molecular weight excluding hydrogens is 669 g/mol. The quantitative estimate of drug-likeness (QED) is 0.182. The van der Waals surface area contributed by atoms with Gasteiger partial charge in [-0.15, -0.1) is 0 Å². The summed E-state index contributed by atoms with van der Waals surface area (Å²) in [5.74, 6) is 0.843. The van der Waals surface area contributed by atoms with Gasteiger partial charge in [-0.2, -0.15) is 0 Å². The molecule has 0 amide bonds. The Kier molecular flexibility index (Phi) is 6.50. The van der Waals surface area contributed by atoms with E-state index in [9.17, 15) is 0 Å². The lowest BCUT2D eigenvalue weighted by atomic mass is 9.87. The molecule has 258 valence electrons. The van der Waals surface area contributed by atoms with Crippen molar-refractivity contribution in [3.8, 4) is 11.1 Å². The molecule has 0 saturated carbocycles. The molecule has 2 unspecified atom stereocenters. The van der Waals surface area contributed by atoms with Gasteiger partial charge in [0.25, 0.3) is 0 Å². The lowest BCUT2D eigenvalue weighted by molar-refractivity contribution is 0.633. The van der Waals surface area contributed by atoms with Crippen LogP contribution >= 0.6 is 0 Å². The number of fused-ring (bicyclic) bond motifs is 12. The van der Waals surface area contributed by atoms with Gasteiger partial charge in [0.15, 0.2) is 0 Å². The van der Waals surface area contributed by atoms with Crippen LogP contribution in [-0.4, -0.2) is 10.2 Å². The van der Waals surface area contributed by atoms with Crippen molar-refractivity contribution >= 4 is 76.2 Å². The topological polar surface area (TPSA) is 42.9 Å². The number of nitrogens with one attached hydrogen (secondary N) is 1. The van der Waals surface area contributed by atoms with E-state index < -0.39 is 0 Å². The molecular formula is C51H33N4-. The minimum atomic E-state index is -0.382. The Morgan fingerprint density at radius 1 is 0.455 bits per heavy atom. The van der Waals surface area contributed by atoms with Crippen LogP contribution in [-0.2, 0) is 0 Å². The monoisotopic (exact) mass is 701 g/mol. The maximum atomic E-state index is 5.55. The summed E-state index contributed by atoms with van der Waals surface area (Å²) in [4.78, 5) is 5.23. The summed E-state index contributed by atoms with van der Waals surface area (Å²) in [6.45, 7) is 0. The van der Waals surface area contributed by atoms with Crippen LogP contribution in [0.4, 0.5) is 0 Å². The third-order valence-corrected chi connectivity index (χ3v) is 11.7. The fourth-order valence-electron chi connectivity index (χ4n) is 9.33. The molecule has 0 saturated heterocycles. The third-order valence-electron chi connectivity index (χ3n) is 11.7. The van der Waals surface area contributed by atoms with Crippen LogP contribution in [0.25, 0.3) is 86.9 Å².